The highest BCUT2D eigenvalue weighted by atomic mass is 32.1. The van der Waals surface area contributed by atoms with Gasteiger partial charge < -0.3 is 9.47 Å². The molecule has 0 spiro atoms. The van der Waals surface area contributed by atoms with Crippen molar-refractivity contribution in [2.45, 2.75) is 18.8 Å². The first-order valence-electron chi connectivity index (χ1n) is 6.26. The minimum Gasteiger partial charge on any atom is -0.493 e. The van der Waals surface area contributed by atoms with Crippen LogP contribution in [0.25, 0.3) is 10.2 Å². The molecule has 0 aliphatic carbocycles. The molecule has 0 radical (unpaired) electrons. The lowest BCUT2D eigenvalue weighted by Crippen LogP contribution is -2.35. The summed E-state index contributed by atoms with van der Waals surface area (Å²) in [7, 11) is 0. The third kappa shape index (κ3) is 4.54. The summed E-state index contributed by atoms with van der Waals surface area (Å²) in [6, 6.07) is 6.85. The molecule has 0 aliphatic rings. The number of fused-ring (bicyclic) bond motifs is 1. The molecule has 10 heteroatoms. The van der Waals surface area contributed by atoms with Crippen LogP contribution < -0.4 is 10.5 Å². The lowest BCUT2D eigenvalue weighted by atomic mass is 10.3. The van der Waals surface area contributed by atoms with E-state index in [1.807, 2.05) is 6.07 Å². The number of aromatic nitrogens is 1. The number of hydrogen-bond acceptors (Lipinski definition) is 7. The molecule has 122 valence electrons. The zero-order chi connectivity index (χ0) is 17.0. The van der Waals surface area contributed by atoms with Gasteiger partial charge in [0.2, 0.25) is 0 Å². The van der Waals surface area contributed by atoms with E-state index in [0.717, 1.165) is 4.70 Å². The second-order valence-corrected chi connectivity index (χ2v) is 5.37. The van der Waals surface area contributed by atoms with Gasteiger partial charge in [-0.25, -0.2) is 9.78 Å². The van der Waals surface area contributed by atoms with Crippen molar-refractivity contribution in [2.75, 3.05) is 6.61 Å². The van der Waals surface area contributed by atoms with Crippen LogP contribution in [0.4, 0.5) is 13.2 Å². The molecular weight excluding hydrogens is 335 g/mol. The minimum absolute atomic E-state index is 0.0400. The zero-order valence-corrected chi connectivity index (χ0v) is 12.3. The Morgan fingerprint density at radius 1 is 1.48 bits per heavy atom. The van der Waals surface area contributed by atoms with Crippen LogP contribution in [-0.2, 0) is 9.53 Å². The van der Waals surface area contributed by atoms with Crippen molar-refractivity contribution in [3.8, 4) is 11.8 Å². The first-order valence-corrected chi connectivity index (χ1v) is 7.08. The number of rotatable bonds is 5. The molecule has 6 nitrogen and oxygen atoms in total. The third-order valence-corrected chi connectivity index (χ3v) is 3.54. The first-order chi connectivity index (χ1) is 10.8. The van der Waals surface area contributed by atoms with Gasteiger partial charge in [-0.3, -0.25) is 5.73 Å². The van der Waals surface area contributed by atoms with Gasteiger partial charge in [-0.05, 0) is 18.2 Å². The van der Waals surface area contributed by atoms with Gasteiger partial charge >= 0.3 is 12.1 Å². The van der Waals surface area contributed by atoms with Gasteiger partial charge in [0.15, 0.2) is 11.2 Å². The molecule has 0 fully saturated rings. The number of carbonyl (C=O) groups excluding carboxylic acids is 1. The molecule has 0 saturated carbocycles. The van der Waals surface area contributed by atoms with E-state index in [0.29, 0.717) is 16.3 Å². The van der Waals surface area contributed by atoms with Gasteiger partial charge in [-0.2, -0.15) is 18.4 Å². The predicted molar refractivity (Wildman–Crippen MR) is 74.6 cm³/mol. The van der Waals surface area contributed by atoms with E-state index in [9.17, 15) is 18.0 Å². The summed E-state index contributed by atoms with van der Waals surface area (Å²) in [5.41, 5.74) is 5.93. The van der Waals surface area contributed by atoms with Crippen molar-refractivity contribution < 1.29 is 27.4 Å². The van der Waals surface area contributed by atoms with Crippen molar-refractivity contribution in [3.05, 3.63) is 23.2 Å². The molecular formula is C13H10F3N3O3S. The summed E-state index contributed by atoms with van der Waals surface area (Å²) in [4.78, 5) is 14.6. The van der Waals surface area contributed by atoms with Crippen molar-refractivity contribution in [3.63, 3.8) is 0 Å². The van der Waals surface area contributed by atoms with Gasteiger partial charge in [0, 0.05) is 6.42 Å². The number of carbonyl (C=O) groups is 1. The van der Waals surface area contributed by atoms with Crippen LogP contribution in [0, 0.1) is 11.3 Å². The number of nitrogens with two attached hydrogens (primary N) is 1. The number of thiazole rings is 1. The Bertz CT molecular complexity index is 754. The molecule has 2 aromatic rings. The lowest BCUT2D eigenvalue weighted by Gasteiger charge is -2.14. The Hall–Kier alpha value is -2.38. The van der Waals surface area contributed by atoms with Crippen molar-refractivity contribution in [1.82, 2.24) is 4.98 Å². The van der Waals surface area contributed by atoms with Gasteiger partial charge in [0.05, 0.1) is 16.8 Å². The van der Waals surface area contributed by atoms with Crippen molar-refractivity contribution in [2.24, 2.45) is 5.73 Å². The fourth-order valence-corrected chi connectivity index (χ4v) is 2.39. The summed E-state index contributed by atoms with van der Waals surface area (Å²) in [5, 5.41) is 9.09. The maximum absolute atomic E-state index is 12.0. The Morgan fingerprint density at radius 3 is 2.87 bits per heavy atom. The monoisotopic (exact) mass is 345 g/mol. The van der Waals surface area contributed by atoms with Crippen molar-refractivity contribution >= 4 is 27.5 Å². The van der Waals surface area contributed by atoms with Gasteiger partial charge in [-0.15, -0.1) is 11.3 Å². The van der Waals surface area contributed by atoms with Crippen LogP contribution in [0.15, 0.2) is 18.2 Å². The molecule has 2 N–H and O–H groups in total. The largest absolute Gasteiger partial charge is 0.493 e. The molecule has 0 aliphatic heterocycles. The topological polar surface area (TPSA) is 98.2 Å². The van der Waals surface area contributed by atoms with Gasteiger partial charge in [0.25, 0.3) is 0 Å². The van der Waals surface area contributed by atoms with E-state index < -0.39 is 18.4 Å². The van der Waals surface area contributed by atoms with Crippen LogP contribution in [0.3, 0.4) is 0 Å². The molecule has 23 heavy (non-hydrogen) atoms. The number of nitriles is 1. The fourth-order valence-electron chi connectivity index (χ4n) is 1.60. The van der Waals surface area contributed by atoms with Crippen LogP contribution in [-0.4, -0.2) is 30.0 Å². The fraction of sp³-hybridized carbons (Fsp3) is 0.308. The number of esters is 1. The normalized spacial score (nSPS) is 12.7. The highest BCUT2D eigenvalue weighted by molar-refractivity contribution is 7.19. The molecule has 1 atom stereocenters. The molecule has 2 rings (SSSR count). The second-order valence-electron chi connectivity index (χ2n) is 4.34. The summed E-state index contributed by atoms with van der Waals surface area (Å²) in [5.74, 6) is -1.89. The summed E-state index contributed by atoms with van der Waals surface area (Å²) in [6.45, 7) is -0.0400. The average Bonchev–Trinajstić information content (AvgIpc) is 2.88. The molecule has 1 aromatic heterocycles. The Kier molecular flexibility index (Phi) is 5.02. The maximum Gasteiger partial charge on any atom is 0.490 e. The van der Waals surface area contributed by atoms with E-state index in [1.165, 1.54) is 11.3 Å². The molecule has 1 unspecified atom stereocenters. The average molecular weight is 345 g/mol. The molecule has 0 bridgehead atoms. The van der Waals surface area contributed by atoms with E-state index in [2.05, 4.69) is 9.72 Å². The molecule has 0 amide bonds. The smallest absolute Gasteiger partial charge is 0.490 e. The standard InChI is InChI=1S/C13H10F3N3O3S/c14-13(15,16)12(20)22-10(18)3-4-21-7-1-2-8-9(5-7)23-11(6-17)19-8/h1-2,5,10H,3-4,18H2. The minimum atomic E-state index is -5.08. The zero-order valence-electron chi connectivity index (χ0n) is 11.5. The lowest BCUT2D eigenvalue weighted by molar-refractivity contribution is -0.205. The number of benzene rings is 1. The molecule has 1 heterocycles. The summed E-state index contributed by atoms with van der Waals surface area (Å²) < 4.78 is 46.1. The Balaban J connectivity index is 1.86. The number of alkyl halides is 3. The second kappa shape index (κ2) is 6.80. The Morgan fingerprint density at radius 2 is 2.22 bits per heavy atom. The maximum atomic E-state index is 12.0. The van der Waals surface area contributed by atoms with Crippen LogP contribution in [0.2, 0.25) is 0 Å². The number of ether oxygens (including phenoxy) is 2. The van der Waals surface area contributed by atoms with E-state index in [4.69, 9.17) is 15.7 Å². The highest BCUT2D eigenvalue weighted by Gasteiger charge is 2.41. The molecule has 1 aromatic carbocycles. The Labute approximate surface area is 132 Å². The van der Waals surface area contributed by atoms with Crippen LogP contribution in [0.1, 0.15) is 11.4 Å². The van der Waals surface area contributed by atoms with E-state index in [-0.39, 0.29) is 13.0 Å². The van der Waals surface area contributed by atoms with Crippen LogP contribution in [0.5, 0.6) is 5.75 Å². The van der Waals surface area contributed by atoms with Gasteiger partial charge in [0.1, 0.15) is 11.8 Å². The number of hydrogen-bond donors (Lipinski definition) is 1. The quantitative estimate of drug-likeness (QED) is 0.660. The number of halogens is 3. The van der Waals surface area contributed by atoms with Gasteiger partial charge in [-0.1, -0.05) is 0 Å². The molecule has 0 saturated heterocycles. The predicted octanol–water partition coefficient (Wildman–Crippen LogP) is 2.33. The van der Waals surface area contributed by atoms with E-state index in [1.54, 1.807) is 18.2 Å². The summed E-state index contributed by atoms with van der Waals surface area (Å²) >= 11 is 1.19. The SMILES string of the molecule is N#Cc1nc2ccc(OCCC(N)OC(=O)C(F)(F)F)cc2s1. The third-order valence-electron chi connectivity index (χ3n) is 2.62. The van der Waals surface area contributed by atoms with Crippen LogP contribution >= 0.6 is 11.3 Å². The van der Waals surface area contributed by atoms with Crippen molar-refractivity contribution in [1.29, 1.82) is 5.26 Å². The first kappa shape index (κ1) is 17.0. The summed E-state index contributed by atoms with van der Waals surface area (Å²) in [6.07, 6.45) is -6.60. The van der Waals surface area contributed by atoms with E-state index >= 15 is 0 Å². The highest BCUT2D eigenvalue weighted by Crippen LogP contribution is 2.26. The number of nitrogens with zero attached hydrogens (tertiary/aromatic N) is 2.